The third kappa shape index (κ3) is 21.8. The van der Waals surface area contributed by atoms with Crippen LogP contribution in [0.4, 0.5) is 0 Å². The summed E-state index contributed by atoms with van der Waals surface area (Å²) in [4.78, 5) is 13.2. The molecule has 0 saturated carbocycles. The van der Waals surface area contributed by atoms with E-state index in [1.54, 1.807) is 6.08 Å². The molecule has 0 aromatic rings. The fourth-order valence-electron chi connectivity index (χ4n) is 9.31. The van der Waals surface area contributed by atoms with Crippen molar-refractivity contribution in [2.24, 2.45) is 0 Å². The molecule has 19 heteroatoms. The van der Waals surface area contributed by atoms with Gasteiger partial charge in [0.25, 0.3) is 0 Å². The van der Waals surface area contributed by atoms with Gasteiger partial charge in [-0.2, -0.15) is 0 Å². The van der Waals surface area contributed by atoms with Gasteiger partial charge >= 0.3 is 0 Å². The second-order valence-corrected chi connectivity index (χ2v) is 19.7. The van der Waals surface area contributed by atoms with Crippen molar-refractivity contribution in [3.63, 3.8) is 0 Å². The largest absolute Gasteiger partial charge is 0.394 e. The van der Waals surface area contributed by atoms with Crippen LogP contribution < -0.4 is 5.32 Å². The summed E-state index contributed by atoms with van der Waals surface area (Å²) in [5.41, 5.74) is 0. The summed E-state index contributed by atoms with van der Waals surface area (Å²) in [5, 5.41) is 120. The maximum absolute atomic E-state index is 13.2. The molecule has 412 valence electrons. The molecule has 1 amide bonds. The number of amides is 1. The van der Waals surface area contributed by atoms with Crippen molar-refractivity contribution < 1.29 is 89.4 Å². The topological polar surface area (TPSA) is 307 Å². The zero-order chi connectivity index (χ0) is 51.3. The third-order valence-electron chi connectivity index (χ3n) is 13.8. The van der Waals surface area contributed by atoms with Gasteiger partial charge in [0.2, 0.25) is 5.91 Å². The maximum Gasteiger partial charge on any atom is 0.220 e. The molecule has 17 atom stereocenters. The molecule has 17 unspecified atom stereocenters. The molecule has 3 saturated heterocycles. The van der Waals surface area contributed by atoms with Gasteiger partial charge in [-0.15, -0.1) is 0 Å². The van der Waals surface area contributed by atoms with E-state index in [1.807, 2.05) is 6.08 Å². The molecule has 3 fully saturated rings. The predicted molar refractivity (Wildman–Crippen MR) is 259 cm³/mol. The van der Waals surface area contributed by atoms with Crippen LogP contribution in [0, 0.1) is 0 Å². The number of hydrogen-bond donors (Lipinski definition) is 12. The monoisotopic (exact) mass is 1010 g/mol. The average molecular weight is 1010 g/mol. The van der Waals surface area contributed by atoms with Crippen molar-refractivity contribution in [2.75, 3.05) is 26.4 Å². The Morgan fingerprint density at radius 1 is 0.500 bits per heavy atom. The molecule has 0 spiro atoms. The second-order valence-electron chi connectivity index (χ2n) is 19.7. The predicted octanol–water partition coefficient (Wildman–Crippen LogP) is 2.65. The third-order valence-corrected chi connectivity index (χ3v) is 13.8. The average Bonchev–Trinajstić information content (AvgIpc) is 3.35. The molecule has 3 aliphatic heterocycles. The van der Waals surface area contributed by atoms with Gasteiger partial charge in [-0.3, -0.25) is 4.79 Å². The van der Waals surface area contributed by atoms with Gasteiger partial charge < -0.3 is 89.9 Å². The Bertz CT molecular complexity index is 1350. The normalized spacial score (nSPS) is 32.6. The van der Waals surface area contributed by atoms with Crippen molar-refractivity contribution in [2.45, 2.75) is 279 Å². The van der Waals surface area contributed by atoms with Crippen LogP contribution in [-0.2, 0) is 33.2 Å². The number of rotatable bonds is 38. The molecule has 0 aliphatic carbocycles. The number of aliphatic hydroxyl groups is 11. The smallest absolute Gasteiger partial charge is 0.220 e. The van der Waals surface area contributed by atoms with Gasteiger partial charge in [-0.1, -0.05) is 161 Å². The second kappa shape index (κ2) is 36.5. The zero-order valence-electron chi connectivity index (χ0n) is 42.3. The summed E-state index contributed by atoms with van der Waals surface area (Å²) >= 11 is 0. The Morgan fingerprint density at radius 2 is 0.886 bits per heavy atom. The first kappa shape index (κ1) is 62.8. The number of ether oxygens (including phenoxy) is 6. The van der Waals surface area contributed by atoms with E-state index in [0.717, 1.165) is 44.9 Å². The van der Waals surface area contributed by atoms with Gasteiger partial charge in [0, 0.05) is 6.42 Å². The van der Waals surface area contributed by atoms with Crippen molar-refractivity contribution in [1.29, 1.82) is 0 Å². The highest BCUT2D eigenvalue weighted by molar-refractivity contribution is 5.76. The molecule has 3 aliphatic rings. The first-order valence-corrected chi connectivity index (χ1v) is 26.9. The number of aliphatic hydroxyl groups excluding tert-OH is 11. The van der Waals surface area contributed by atoms with Crippen LogP contribution in [0.15, 0.2) is 12.2 Å². The van der Waals surface area contributed by atoms with Gasteiger partial charge in [0.1, 0.15) is 73.2 Å². The summed E-state index contributed by atoms with van der Waals surface area (Å²) < 4.78 is 34.1. The highest BCUT2D eigenvalue weighted by Crippen LogP contribution is 2.33. The van der Waals surface area contributed by atoms with E-state index in [4.69, 9.17) is 28.4 Å². The highest BCUT2D eigenvalue weighted by Gasteiger charge is 2.53. The molecule has 3 heterocycles. The minimum absolute atomic E-state index is 0.248. The molecule has 0 aromatic carbocycles. The quantitative estimate of drug-likeness (QED) is 0.0313. The standard InChI is InChI=1S/C51H95NO18/c1-3-5-7-9-11-13-15-16-17-19-21-23-25-27-29-39(57)52-34(35(56)28-26-24-22-20-18-14-12-10-8-6-4-2)33-65-49-45(63)42(60)47(37(31-54)67-49)70-51-46(64)43(61)48(38(32-55)68-51)69-50-44(62)41(59)40(58)36(30-53)66-50/h26,28,34-38,40-51,53-56,58-64H,3-25,27,29-33H2,1-2H3,(H,52,57)/b28-26+. The van der Waals surface area contributed by atoms with Crippen molar-refractivity contribution >= 4 is 5.91 Å². The summed E-state index contributed by atoms with van der Waals surface area (Å²) in [6, 6.07) is -0.964. The van der Waals surface area contributed by atoms with E-state index in [-0.39, 0.29) is 18.9 Å². The Kier molecular flexibility index (Phi) is 32.7. The van der Waals surface area contributed by atoms with Crippen molar-refractivity contribution in [3.05, 3.63) is 12.2 Å². The van der Waals surface area contributed by atoms with Gasteiger partial charge in [0.15, 0.2) is 18.9 Å². The SMILES string of the molecule is CCCCCCCCCCC/C=C/C(O)C(COC1OC(CO)C(OC2OC(CO)C(OC3OC(CO)C(O)C(O)C3O)C(O)C2O)C(O)C1O)NC(=O)CCCCCCCCCCCCCCCC. The van der Waals surface area contributed by atoms with E-state index in [0.29, 0.717) is 6.42 Å². The minimum atomic E-state index is -1.97. The number of carbonyl (C=O) groups is 1. The molecule has 19 nitrogen and oxygen atoms in total. The van der Waals surface area contributed by atoms with Gasteiger partial charge in [0.05, 0.1) is 38.6 Å². The first-order valence-electron chi connectivity index (χ1n) is 26.9. The van der Waals surface area contributed by atoms with Crippen LogP contribution in [0.5, 0.6) is 0 Å². The van der Waals surface area contributed by atoms with Crippen LogP contribution in [0.25, 0.3) is 0 Å². The van der Waals surface area contributed by atoms with Gasteiger partial charge in [-0.05, 0) is 19.3 Å². The molecule has 0 radical (unpaired) electrons. The van der Waals surface area contributed by atoms with Crippen LogP contribution in [0.2, 0.25) is 0 Å². The lowest BCUT2D eigenvalue weighted by Gasteiger charge is -2.48. The lowest BCUT2D eigenvalue weighted by Crippen LogP contribution is -2.66. The van der Waals surface area contributed by atoms with Crippen LogP contribution in [0.3, 0.4) is 0 Å². The summed E-state index contributed by atoms with van der Waals surface area (Å²) in [5.74, 6) is -0.277. The lowest BCUT2D eigenvalue weighted by atomic mass is 9.96. The van der Waals surface area contributed by atoms with Crippen LogP contribution in [-0.4, -0.2) is 193 Å². The maximum atomic E-state index is 13.2. The lowest BCUT2D eigenvalue weighted by molar-refractivity contribution is -0.379. The van der Waals surface area contributed by atoms with E-state index >= 15 is 0 Å². The molecule has 0 aromatic heterocycles. The van der Waals surface area contributed by atoms with E-state index in [2.05, 4.69) is 19.2 Å². The van der Waals surface area contributed by atoms with E-state index < -0.39 is 124 Å². The molecular formula is C51H95NO18. The van der Waals surface area contributed by atoms with Crippen LogP contribution >= 0.6 is 0 Å². The fourth-order valence-corrected chi connectivity index (χ4v) is 9.31. The summed E-state index contributed by atoms with van der Waals surface area (Å²) in [6.45, 7) is 1.68. The Labute approximate surface area is 416 Å². The Morgan fingerprint density at radius 3 is 1.34 bits per heavy atom. The molecule has 0 bridgehead atoms. The number of allylic oxidation sites excluding steroid dienone is 1. The molecule has 3 rings (SSSR count). The molecule has 12 N–H and O–H groups in total. The van der Waals surface area contributed by atoms with E-state index in [9.17, 15) is 61.0 Å². The summed E-state index contributed by atoms with van der Waals surface area (Å²) in [7, 11) is 0. The van der Waals surface area contributed by atoms with Crippen molar-refractivity contribution in [3.8, 4) is 0 Å². The number of nitrogens with one attached hydrogen (secondary N) is 1. The first-order chi connectivity index (χ1) is 33.8. The van der Waals surface area contributed by atoms with E-state index in [1.165, 1.54) is 103 Å². The molecular weight excluding hydrogens is 915 g/mol. The Hall–Kier alpha value is -1.47. The number of unbranched alkanes of at least 4 members (excludes halogenated alkanes) is 22. The van der Waals surface area contributed by atoms with Gasteiger partial charge in [-0.25, -0.2) is 0 Å². The fraction of sp³-hybridized carbons (Fsp3) is 0.941. The zero-order valence-corrected chi connectivity index (χ0v) is 42.3. The minimum Gasteiger partial charge on any atom is -0.394 e. The van der Waals surface area contributed by atoms with Crippen LogP contribution in [0.1, 0.15) is 174 Å². The Balaban J connectivity index is 1.55. The highest BCUT2D eigenvalue weighted by atomic mass is 16.8. The van der Waals surface area contributed by atoms with Crippen molar-refractivity contribution in [1.82, 2.24) is 5.32 Å². The number of carbonyl (C=O) groups excluding carboxylic acids is 1. The number of hydrogen-bond acceptors (Lipinski definition) is 18. The molecule has 70 heavy (non-hydrogen) atoms. The summed E-state index contributed by atoms with van der Waals surface area (Å²) in [6.07, 6.45) is 4.97.